The maximum Gasteiger partial charge on any atom is 0.328 e. The third-order valence-corrected chi connectivity index (χ3v) is 4.91. The van der Waals surface area contributed by atoms with E-state index in [-0.39, 0.29) is 18.8 Å². The molecule has 0 aliphatic rings. The van der Waals surface area contributed by atoms with Gasteiger partial charge in [0.25, 0.3) is 0 Å². The third-order valence-electron chi connectivity index (χ3n) is 4.91. The van der Waals surface area contributed by atoms with Crippen molar-refractivity contribution in [3.8, 4) is 5.75 Å². The summed E-state index contributed by atoms with van der Waals surface area (Å²) in [4.78, 5) is 42.3. The lowest BCUT2D eigenvalue weighted by molar-refractivity contribution is -0.145. The lowest BCUT2D eigenvalue weighted by atomic mass is 10.0. The van der Waals surface area contributed by atoms with E-state index in [0.717, 1.165) is 5.56 Å². The lowest BCUT2D eigenvalue weighted by Crippen LogP contribution is -2.53. The molecule has 3 atom stereocenters. The number of aliphatic imine (C=N–C) groups is 1. The summed E-state index contributed by atoms with van der Waals surface area (Å²) in [6, 6.07) is 4.70. The number of hydrogen-bond donors (Lipinski definition) is 2. The first-order valence-corrected chi connectivity index (χ1v) is 11.4. The Hall–Kier alpha value is -3.56. The van der Waals surface area contributed by atoms with Gasteiger partial charge in [-0.25, -0.2) is 9.79 Å². The van der Waals surface area contributed by atoms with Crippen LogP contribution < -0.4 is 15.4 Å². The van der Waals surface area contributed by atoms with Crippen LogP contribution in [0.15, 0.2) is 54.6 Å². The van der Waals surface area contributed by atoms with Crippen LogP contribution >= 0.6 is 0 Å². The first-order chi connectivity index (χ1) is 16.7. The van der Waals surface area contributed by atoms with E-state index in [1.165, 1.54) is 27.6 Å². The zero-order chi connectivity index (χ0) is 26.2. The van der Waals surface area contributed by atoms with Crippen molar-refractivity contribution in [1.29, 1.82) is 0 Å². The second-order valence-electron chi connectivity index (χ2n) is 8.25. The summed E-state index contributed by atoms with van der Waals surface area (Å²) in [7, 11) is 2.68. The minimum absolute atomic E-state index is 0.103. The summed E-state index contributed by atoms with van der Waals surface area (Å²) >= 11 is 0. The number of carbonyl (C=O) groups excluding carboxylic acids is 3. The van der Waals surface area contributed by atoms with Crippen molar-refractivity contribution < 1.29 is 28.5 Å². The first kappa shape index (κ1) is 29.5. The van der Waals surface area contributed by atoms with Crippen LogP contribution in [0.3, 0.4) is 0 Å². The highest BCUT2D eigenvalue weighted by atomic mass is 16.5. The fourth-order valence-electron chi connectivity index (χ4n) is 3.21. The molecule has 0 aliphatic heterocycles. The van der Waals surface area contributed by atoms with E-state index in [1.54, 1.807) is 18.2 Å². The fraction of sp³-hybridized carbons (Fsp3) is 0.440. The quantitative estimate of drug-likeness (QED) is 0.121. The Bertz CT molecular complexity index is 872. The number of rotatable bonds is 16. The van der Waals surface area contributed by atoms with Crippen LogP contribution in [0, 0.1) is 5.92 Å². The molecule has 0 bridgehead atoms. The van der Waals surface area contributed by atoms with Crippen molar-refractivity contribution in [3.63, 3.8) is 0 Å². The van der Waals surface area contributed by atoms with Gasteiger partial charge in [-0.3, -0.25) is 9.59 Å². The second kappa shape index (κ2) is 16.1. The van der Waals surface area contributed by atoms with E-state index >= 15 is 0 Å². The maximum atomic E-state index is 13.2. The molecular formula is C25H36BN3O6. The van der Waals surface area contributed by atoms with E-state index in [9.17, 15) is 14.4 Å². The Labute approximate surface area is 208 Å². The molecule has 35 heavy (non-hydrogen) atoms. The number of methoxy groups -OCH3 is 1. The molecular weight excluding hydrogens is 449 g/mol. The summed E-state index contributed by atoms with van der Waals surface area (Å²) in [5.41, 5.74) is 0.853. The van der Waals surface area contributed by atoms with Crippen LogP contribution in [0.25, 0.3) is 0 Å². The highest BCUT2D eigenvalue weighted by molar-refractivity contribution is 6.02. The van der Waals surface area contributed by atoms with Crippen molar-refractivity contribution >= 4 is 32.2 Å². The molecule has 0 heterocycles. The standard InChI is InChI=1S/C25H36BN3O6/c1-6-8-20(25(32)33-5)28-24(31)22(14-17(3)4)29-23(30)21(27-16-35-26)15-18-9-11-19(12-10-18)34-13-7-2/h6-7,9-12,16-17,20-22H,1-2,8,13-15,26H2,3-5H3,(H,28,31)(H,29,30)/t20-,21-,22-/m0/s1. The summed E-state index contributed by atoms with van der Waals surface area (Å²) in [5, 5.41) is 5.44. The van der Waals surface area contributed by atoms with E-state index in [4.69, 9.17) is 14.1 Å². The van der Waals surface area contributed by atoms with Gasteiger partial charge in [0, 0.05) is 6.42 Å². The van der Waals surface area contributed by atoms with Crippen molar-refractivity contribution in [2.45, 2.75) is 51.2 Å². The van der Waals surface area contributed by atoms with Gasteiger partial charge in [-0.05, 0) is 36.5 Å². The SMILES string of the molecule is BOC=N[C@@H](Cc1ccc(OCC=C)cc1)C(=O)N[C@@H](CC(C)C)C(=O)N[C@@H](CC=C)C(=O)OC. The smallest absolute Gasteiger partial charge is 0.328 e. The van der Waals surface area contributed by atoms with E-state index < -0.39 is 35.9 Å². The number of esters is 1. The van der Waals surface area contributed by atoms with Crippen LogP contribution in [0.1, 0.15) is 32.3 Å². The second-order valence-corrected chi connectivity index (χ2v) is 8.25. The summed E-state index contributed by atoms with van der Waals surface area (Å²) in [6.45, 7) is 11.5. The topological polar surface area (TPSA) is 115 Å². The average molecular weight is 485 g/mol. The number of carbonyl (C=O) groups is 3. The molecule has 0 unspecified atom stereocenters. The molecule has 1 aromatic rings. The Morgan fingerprint density at radius 1 is 1.06 bits per heavy atom. The molecule has 190 valence electrons. The van der Waals surface area contributed by atoms with Gasteiger partial charge in [0.15, 0.2) is 6.40 Å². The van der Waals surface area contributed by atoms with Crippen LogP contribution in [-0.2, 0) is 30.2 Å². The van der Waals surface area contributed by atoms with Gasteiger partial charge < -0.3 is 24.8 Å². The number of nitrogens with zero attached hydrogens (tertiary/aromatic N) is 1. The van der Waals surface area contributed by atoms with Crippen LogP contribution in [0.2, 0.25) is 0 Å². The van der Waals surface area contributed by atoms with E-state index in [2.05, 4.69) is 28.8 Å². The molecule has 2 N–H and O–H groups in total. The molecule has 0 aliphatic carbocycles. The number of nitrogens with one attached hydrogen (secondary N) is 2. The highest BCUT2D eigenvalue weighted by Gasteiger charge is 2.29. The summed E-state index contributed by atoms with van der Waals surface area (Å²) in [5.74, 6) is -0.725. The van der Waals surface area contributed by atoms with E-state index in [0.29, 0.717) is 18.8 Å². The fourth-order valence-corrected chi connectivity index (χ4v) is 3.21. The molecule has 10 heteroatoms. The van der Waals surface area contributed by atoms with Crippen LogP contribution in [-0.4, -0.2) is 64.1 Å². The zero-order valence-corrected chi connectivity index (χ0v) is 21.0. The normalized spacial score (nSPS) is 13.4. The van der Waals surface area contributed by atoms with Gasteiger partial charge in [0.05, 0.1) is 7.11 Å². The molecule has 0 fully saturated rings. The van der Waals surface area contributed by atoms with Gasteiger partial charge in [-0.2, -0.15) is 0 Å². The van der Waals surface area contributed by atoms with Crippen molar-refractivity contribution in [1.82, 2.24) is 10.6 Å². The van der Waals surface area contributed by atoms with Gasteiger partial charge in [0.1, 0.15) is 30.5 Å². The third kappa shape index (κ3) is 10.9. The lowest BCUT2D eigenvalue weighted by Gasteiger charge is -2.24. The van der Waals surface area contributed by atoms with E-state index in [1.807, 2.05) is 26.0 Å². The van der Waals surface area contributed by atoms with Gasteiger partial charge in [0.2, 0.25) is 11.8 Å². The van der Waals surface area contributed by atoms with Crippen LogP contribution in [0.4, 0.5) is 0 Å². The monoisotopic (exact) mass is 485 g/mol. The Morgan fingerprint density at radius 3 is 2.26 bits per heavy atom. The average Bonchev–Trinajstić information content (AvgIpc) is 2.84. The number of ether oxygens (including phenoxy) is 2. The molecule has 0 saturated heterocycles. The Balaban J connectivity index is 3.01. The number of hydrogen-bond acceptors (Lipinski definition) is 7. The maximum absolute atomic E-state index is 13.2. The highest BCUT2D eigenvalue weighted by Crippen LogP contribution is 2.15. The summed E-state index contributed by atoms with van der Waals surface area (Å²) in [6.07, 6.45) is 5.22. The van der Waals surface area contributed by atoms with Crippen molar-refractivity contribution in [3.05, 3.63) is 55.1 Å². The Kier molecular flexibility index (Phi) is 13.6. The molecule has 0 aromatic heterocycles. The number of benzene rings is 1. The minimum atomic E-state index is -0.888. The molecule has 1 rings (SSSR count). The molecule has 0 radical (unpaired) electrons. The molecule has 2 amide bonds. The molecule has 0 saturated carbocycles. The predicted octanol–water partition coefficient (Wildman–Crippen LogP) is 1.52. The largest absolute Gasteiger partial charge is 0.560 e. The molecule has 1 aromatic carbocycles. The van der Waals surface area contributed by atoms with Crippen LogP contribution in [0.5, 0.6) is 5.75 Å². The Morgan fingerprint density at radius 2 is 1.71 bits per heavy atom. The van der Waals surface area contributed by atoms with Gasteiger partial charge >= 0.3 is 14.0 Å². The number of amides is 2. The summed E-state index contributed by atoms with van der Waals surface area (Å²) < 4.78 is 15.2. The van der Waals surface area contributed by atoms with Crippen molar-refractivity contribution in [2.24, 2.45) is 10.9 Å². The zero-order valence-electron chi connectivity index (χ0n) is 21.0. The molecule has 0 spiro atoms. The molecule has 9 nitrogen and oxygen atoms in total. The first-order valence-electron chi connectivity index (χ1n) is 11.4. The minimum Gasteiger partial charge on any atom is -0.560 e. The van der Waals surface area contributed by atoms with Crippen molar-refractivity contribution in [2.75, 3.05) is 13.7 Å². The van der Waals surface area contributed by atoms with Gasteiger partial charge in [-0.15, -0.1) is 6.58 Å². The van der Waals surface area contributed by atoms with Gasteiger partial charge in [-0.1, -0.05) is 44.7 Å². The predicted molar refractivity (Wildman–Crippen MR) is 138 cm³/mol.